The van der Waals surface area contributed by atoms with Crippen molar-refractivity contribution in [2.24, 2.45) is 5.92 Å². The Kier molecular flexibility index (Phi) is 5.63. The van der Waals surface area contributed by atoms with Crippen LogP contribution < -0.4 is 10.8 Å². The van der Waals surface area contributed by atoms with Crippen molar-refractivity contribution in [1.29, 1.82) is 0 Å². The van der Waals surface area contributed by atoms with Crippen LogP contribution in [0.2, 0.25) is 0 Å². The third kappa shape index (κ3) is 4.11. The van der Waals surface area contributed by atoms with Crippen molar-refractivity contribution in [2.75, 3.05) is 13.2 Å². The molecule has 2 aliphatic rings. The van der Waals surface area contributed by atoms with Crippen molar-refractivity contribution in [1.82, 2.24) is 20.3 Å². The number of aromatic nitrogens is 2. The third-order valence-corrected chi connectivity index (χ3v) is 6.30. The zero-order chi connectivity index (χ0) is 22.1. The number of carbonyl (C=O) groups is 2. The molecule has 5 rings (SSSR count). The maximum Gasteiger partial charge on any atom is 0.251 e. The maximum atomic E-state index is 12.8. The van der Waals surface area contributed by atoms with Gasteiger partial charge in [-0.1, -0.05) is 24.3 Å². The summed E-state index contributed by atoms with van der Waals surface area (Å²) in [7, 11) is 0. The van der Waals surface area contributed by atoms with E-state index >= 15 is 0 Å². The largest absolute Gasteiger partial charge is 0.380 e. The van der Waals surface area contributed by atoms with Crippen molar-refractivity contribution < 1.29 is 19.5 Å². The van der Waals surface area contributed by atoms with Gasteiger partial charge in [0.1, 0.15) is 5.82 Å². The smallest absolute Gasteiger partial charge is 0.251 e. The van der Waals surface area contributed by atoms with Gasteiger partial charge in [-0.25, -0.2) is 10.5 Å². The molecule has 1 aromatic heterocycles. The molecule has 8 heteroatoms. The van der Waals surface area contributed by atoms with Crippen LogP contribution in [0.25, 0.3) is 11.0 Å². The molecule has 2 heterocycles. The highest BCUT2D eigenvalue weighted by atomic mass is 16.5. The van der Waals surface area contributed by atoms with Gasteiger partial charge in [0, 0.05) is 30.7 Å². The van der Waals surface area contributed by atoms with Crippen molar-refractivity contribution in [2.45, 2.75) is 37.8 Å². The fourth-order valence-corrected chi connectivity index (χ4v) is 4.36. The first-order chi connectivity index (χ1) is 15.6. The zero-order valence-electron chi connectivity index (χ0n) is 17.7. The molecule has 1 saturated carbocycles. The van der Waals surface area contributed by atoms with Gasteiger partial charge in [0.05, 0.1) is 23.6 Å². The van der Waals surface area contributed by atoms with Crippen LogP contribution >= 0.6 is 0 Å². The third-order valence-electron chi connectivity index (χ3n) is 6.30. The molecule has 1 aliphatic carbocycles. The van der Waals surface area contributed by atoms with E-state index in [0.717, 1.165) is 22.4 Å². The minimum Gasteiger partial charge on any atom is -0.380 e. The van der Waals surface area contributed by atoms with E-state index in [4.69, 9.17) is 14.9 Å². The van der Waals surface area contributed by atoms with Gasteiger partial charge in [-0.15, -0.1) is 0 Å². The summed E-state index contributed by atoms with van der Waals surface area (Å²) in [6.45, 7) is 1.33. The van der Waals surface area contributed by atoms with Crippen LogP contribution in [0.1, 0.15) is 46.9 Å². The van der Waals surface area contributed by atoms with E-state index < -0.39 is 11.8 Å². The Hall–Kier alpha value is -3.23. The van der Waals surface area contributed by atoms with E-state index in [1.165, 1.54) is 12.8 Å². The number of fused-ring (bicyclic) bond motifs is 1. The second-order valence-electron chi connectivity index (χ2n) is 8.54. The summed E-state index contributed by atoms with van der Waals surface area (Å²) in [5, 5.41) is 11.9. The molecule has 2 fully saturated rings. The number of rotatable bonds is 6. The quantitative estimate of drug-likeness (QED) is 0.409. The van der Waals surface area contributed by atoms with Gasteiger partial charge in [-0.2, -0.15) is 0 Å². The van der Waals surface area contributed by atoms with Crippen LogP contribution in [0, 0.1) is 5.92 Å². The summed E-state index contributed by atoms with van der Waals surface area (Å²) >= 11 is 0. The fraction of sp³-hybridized carbons (Fsp3) is 0.375. The number of benzene rings is 2. The van der Waals surface area contributed by atoms with Crippen LogP contribution in [-0.4, -0.2) is 45.8 Å². The Bertz CT molecular complexity index is 1140. The Labute approximate surface area is 185 Å². The monoisotopic (exact) mass is 434 g/mol. The first-order valence-corrected chi connectivity index (χ1v) is 11.0. The Morgan fingerprint density at radius 3 is 2.62 bits per heavy atom. The molecular formula is C24H26N4O4. The molecule has 0 radical (unpaired) electrons. The lowest BCUT2D eigenvalue weighted by Gasteiger charge is -2.30. The standard InChI is InChI=1S/C24H26N4O4/c29-23(26-19-11-12-32-14-18(19)24(30)27-31)17-7-5-15(6-8-17)13-28-21-4-2-1-3-20(21)25-22(28)16-9-10-16/h1-8,16,18-19,31H,9-14H2,(H,26,29)(H,27,30)/t18-,19-/m0/s1. The zero-order valence-corrected chi connectivity index (χ0v) is 17.7. The van der Waals surface area contributed by atoms with Crippen LogP contribution in [0.15, 0.2) is 48.5 Å². The molecular weight excluding hydrogens is 408 g/mol. The number of ether oxygens (including phenoxy) is 1. The highest BCUT2D eigenvalue weighted by Crippen LogP contribution is 2.40. The predicted octanol–water partition coefficient (Wildman–Crippen LogP) is 2.60. The number of hydrogen-bond acceptors (Lipinski definition) is 5. The second kappa shape index (κ2) is 8.72. The van der Waals surface area contributed by atoms with E-state index in [-0.39, 0.29) is 18.6 Å². The maximum absolute atomic E-state index is 12.8. The van der Waals surface area contributed by atoms with E-state index in [0.29, 0.717) is 31.1 Å². The molecule has 166 valence electrons. The van der Waals surface area contributed by atoms with Crippen LogP contribution in [0.4, 0.5) is 0 Å². The van der Waals surface area contributed by atoms with Crippen LogP contribution in [0.3, 0.4) is 0 Å². The minimum atomic E-state index is -0.618. The van der Waals surface area contributed by atoms with Gasteiger partial charge in [0.2, 0.25) is 0 Å². The Morgan fingerprint density at radius 1 is 1.09 bits per heavy atom. The normalized spacial score (nSPS) is 20.8. The van der Waals surface area contributed by atoms with Gasteiger partial charge < -0.3 is 14.6 Å². The number of hydroxylamine groups is 1. The second-order valence-corrected chi connectivity index (χ2v) is 8.54. The molecule has 0 spiro atoms. The molecule has 2 amide bonds. The molecule has 32 heavy (non-hydrogen) atoms. The van der Waals surface area contributed by atoms with Gasteiger partial charge in [0.15, 0.2) is 0 Å². The Morgan fingerprint density at radius 2 is 1.88 bits per heavy atom. The number of nitrogens with one attached hydrogen (secondary N) is 2. The van der Waals surface area contributed by atoms with E-state index in [1.807, 2.05) is 30.3 Å². The van der Waals surface area contributed by atoms with Crippen LogP contribution in [-0.2, 0) is 16.1 Å². The summed E-state index contributed by atoms with van der Waals surface area (Å²) in [4.78, 5) is 29.5. The number of imidazole rings is 1. The first-order valence-electron chi connectivity index (χ1n) is 11.0. The molecule has 3 N–H and O–H groups in total. The van der Waals surface area contributed by atoms with Crippen LogP contribution in [0.5, 0.6) is 0 Å². The first kappa shape index (κ1) is 20.7. The number of amides is 2. The molecule has 0 bridgehead atoms. The average Bonchev–Trinajstić information content (AvgIpc) is 3.61. The predicted molar refractivity (Wildman–Crippen MR) is 117 cm³/mol. The number of carbonyl (C=O) groups excluding carboxylic acids is 2. The molecule has 3 aromatic rings. The summed E-state index contributed by atoms with van der Waals surface area (Å²) < 4.78 is 7.60. The SMILES string of the molecule is O=C(N[C@H]1CCOC[C@@H]1C(=O)NO)c1ccc(Cn2c(C3CC3)nc3ccccc32)cc1. The minimum absolute atomic E-state index is 0.165. The average molecular weight is 434 g/mol. The van der Waals surface area contributed by atoms with Gasteiger partial charge in [-0.3, -0.25) is 14.8 Å². The van der Waals surface area contributed by atoms with Gasteiger partial charge >= 0.3 is 0 Å². The molecule has 1 aliphatic heterocycles. The summed E-state index contributed by atoms with van der Waals surface area (Å²) in [6.07, 6.45) is 2.88. The lowest BCUT2D eigenvalue weighted by molar-refractivity contribution is -0.138. The van der Waals surface area contributed by atoms with Crippen molar-refractivity contribution in [3.8, 4) is 0 Å². The van der Waals surface area contributed by atoms with Gasteiger partial charge in [-0.05, 0) is 49.1 Å². The molecule has 2 aromatic carbocycles. The summed E-state index contributed by atoms with van der Waals surface area (Å²) in [6, 6.07) is 15.3. The lowest BCUT2D eigenvalue weighted by Crippen LogP contribution is -2.51. The van der Waals surface area contributed by atoms with Crippen molar-refractivity contribution in [3.05, 3.63) is 65.5 Å². The van der Waals surface area contributed by atoms with Crippen molar-refractivity contribution in [3.63, 3.8) is 0 Å². The Balaban J connectivity index is 1.31. The molecule has 1 saturated heterocycles. The summed E-state index contributed by atoms with van der Waals surface area (Å²) in [5.41, 5.74) is 5.43. The summed E-state index contributed by atoms with van der Waals surface area (Å²) in [5.74, 6) is 0.263. The highest BCUT2D eigenvalue weighted by Gasteiger charge is 2.33. The molecule has 2 atom stereocenters. The molecule has 8 nitrogen and oxygen atoms in total. The number of hydrogen-bond donors (Lipinski definition) is 3. The highest BCUT2D eigenvalue weighted by molar-refractivity contribution is 5.95. The molecule has 0 unspecified atom stereocenters. The van der Waals surface area contributed by atoms with E-state index in [1.54, 1.807) is 17.6 Å². The van der Waals surface area contributed by atoms with E-state index in [2.05, 4.69) is 16.0 Å². The number of para-hydroxylation sites is 2. The van der Waals surface area contributed by atoms with Crippen molar-refractivity contribution >= 4 is 22.8 Å². The topological polar surface area (TPSA) is 105 Å². The number of nitrogens with zero attached hydrogens (tertiary/aromatic N) is 2. The van der Waals surface area contributed by atoms with E-state index in [9.17, 15) is 9.59 Å². The lowest BCUT2D eigenvalue weighted by atomic mass is 9.94. The van der Waals surface area contributed by atoms with Gasteiger partial charge in [0.25, 0.3) is 11.8 Å². The fourth-order valence-electron chi connectivity index (χ4n) is 4.36.